The van der Waals surface area contributed by atoms with Crippen LogP contribution >= 0.6 is 11.3 Å². The van der Waals surface area contributed by atoms with Gasteiger partial charge in [-0.3, -0.25) is 10.1 Å². The summed E-state index contributed by atoms with van der Waals surface area (Å²) in [6.45, 7) is 0. The summed E-state index contributed by atoms with van der Waals surface area (Å²) in [5.74, 6) is 0.383. The second-order valence-corrected chi connectivity index (χ2v) is 3.71. The van der Waals surface area contributed by atoms with Crippen molar-refractivity contribution < 1.29 is 4.92 Å². The van der Waals surface area contributed by atoms with E-state index in [-0.39, 0.29) is 5.69 Å². The number of aromatic nitrogens is 1. The third kappa shape index (κ3) is 1.79. The molecule has 1 heterocycles. The van der Waals surface area contributed by atoms with Crippen LogP contribution in [0.25, 0.3) is 10.6 Å². The van der Waals surface area contributed by atoms with Gasteiger partial charge in [0.05, 0.1) is 10.5 Å². The first-order valence-electron chi connectivity index (χ1n) is 4.13. The summed E-state index contributed by atoms with van der Waals surface area (Å²) >= 11 is 1.29. The number of para-hydroxylation sites is 1. The third-order valence-corrected chi connectivity index (χ3v) is 2.75. The molecule has 0 amide bonds. The molecule has 1 aromatic carbocycles. The minimum absolute atomic E-state index is 0.0480. The van der Waals surface area contributed by atoms with E-state index in [0.717, 1.165) is 0 Å². The normalized spacial score (nSPS) is 10.1. The number of nitro benzene ring substituents is 1. The summed E-state index contributed by atoms with van der Waals surface area (Å²) in [7, 11) is 0. The Labute approximate surface area is 89.3 Å². The quantitative estimate of drug-likeness (QED) is 0.623. The third-order valence-electron chi connectivity index (χ3n) is 1.85. The van der Waals surface area contributed by atoms with Crippen LogP contribution in [0.1, 0.15) is 0 Å². The van der Waals surface area contributed by atoms with Crippen molar-refractivity contribution in [3.8, 4) is 10.6 Å². The summed E-state index contributed by atoms with van der Waals surface area (Å²) in [5, 5.41) is 13.0. The maximum atomic E-state index is 10.8. The van der Waals surface area contributed by atoms with Gasteiger partial charge in [-0.25, -0.2) is 4.98 Å². The fraction of sp³-hybridized carbons (Fsp3) is 0. The van der Waals surface area contributed by atoms with E-state index in [0.29, 0.717) is 16.4 Å². The van der Waals surface area contributed by atoms with Crippen LogP contribution in [0.2, 0.25) is 0 Å². The zero-order valence-electron chi connectivity index (χ0n) is 7.58. The molecule has 0 saturated carbocycles. The van der Waals surface area contributed by atoms with Gasteiger partial charge in [0, 0.05) is 11.4 Å². The van der Waals surface area contributed by atoms with Crippen LogP contribution in [0, 0.1) is 10.1 Å². The Kier molecular flexibility index (Phi) is 2.34. The summed E-state index contributed by atoms with van der Waals surface area (Å²) in [5.41, 5.74) is 6.02. The molecule has 0 bridgehead atoms. The van der Waals surface area contributed by atoms with Gasteiger partial charge < -0.3 is 5.73 Å². The zero-order chi connectivity index (χ0) is 10.8. The Morgan fingerprint density at radius 3 is 2.73 bits per heavy atom. The number of hydrogen-bond donors (Lipinski definition) is 1. The van der Waals surface area contributed by atoms with Gasteiger partial charge in [-0.05, 0) is 6.07 Å². The van der Waals surface area contributed by atoms with Crippen LogP contribution in [0.5, 0.6) is 0 Å². The number of nitrogens with two attached hydrogens (primary N) is 1. The van der Waals surface area contributed by atoms with E-state index in [9.17, 15) is 10.1 Å². The van der Waals surface area contributed by atoms with Gasteiger partial charge in [0.1, 0.15) is 10.8 Å². The molecule has 1 aromatic heterocycles. The zero-order valence-corrected chi connectivity index (χ0v) is 8.40. The topological polar surface area (TPSA) is 82.0 Å². The fourth-order valence-corrected chi connectivity index (χ4v) is 1.97. The number of nitro groups is 1. The SMILES string of the molecule is Nc1csc(-c2ccccc2[N+](=O)[O-])n1. The van der Waals surface area contributed by atoms with E-state index in [4.69, 9.17) is 5.73 Å². The molecule has 0 fully saturated rings. The molecule has 0 aliphatic carbocycles. The summed E-state index contributed by atoms with van der Waals surface area (Å²) < 4.78 is 0. The molecule has 5 nitrogen and oxygen atoms in total. The van der Waals surface area contributed by atoms with Crippen molar-refractivity contribution in [1.82, 2.24) is 4.98 Å². The molecular formula is C9H7N3O2S. The number of nitrogens with zero attached hydrogens (tertiary/aromatic N) is 2. The lowest BCUT2D eigenvalue weighted by atomic mass is 10.2. The van der Waals surface area contributed by atoms with Crippen LogP contribution in [0.4, 0.5) is 11.5 Å². The van der Waals surface area contributed by atoms with Gasteiger partial charge in [0.15, 0.2) is 0 Å². The van der Waals surface area contributed by atoms with Crippen molar-refractivity contribution >= 4 is 22.8 Å². The van der Waals surface area contributed by atoms with Gasteiger partial charge in [0.2, 0.25) is 0 Å². The number of hydrogen-bond acceptors (Lipinski definition) is 5. The molecule has 15 heavy (non-hydrogen) atoms. The molecule has 2 rings (SSSR count). The van der Waals surface area contributed by atoms with Gasteiger partial charge in [-0.1, -0.05) is 12.1 Å². The largest absolute Gasteiger partial charge is 0.383 e. The molecule has 2 N–H and O–H groups in total. The molecule has 0 spiro atoms. The van der Waals surface area contributed by atoms with E-state index >= 15 is 0 Å². The highest BCUT2D eigenvalue weighted by atomic mass is 32.1. The Bertz CT molecular complexity index is 510. The highest BCUT2D eigenvalue weighted by Crippen LogP contribution is 2.32. The highest BCUT2D eigenvalue weighted by Gasteiger charge is 2.16. The van der Waals surface area contributed by atoms with E-state index in [2.05, 4.69) is 4.98 Å². The monoisotopic (exact) mass is 221 g/mol. The fourth-order valence-electron chi connectivity index (χ4n) is 1.22. The van der Waals surface area contributed by atoms with Crippen molar-refractivity contribution in [2.24, 2.45) is 0 Å². The van der Waals surface area contributed by atoms with Crippen molar-refractivity contribution in [1.29, 1.82) is 0 Å². The summed E-state index contributed by atoms with van der Waals surface area (Å²) in [6.07, 6.45) is 0. The second kappa shape index (κ2) is 3.66. The molecule has 6 heteroatoms. The average molecular weight is 221 g/mol. The predicted octanol–water partition coefficient (Wildman–Crippen LogP) is 2.30. The van der Waals surface area contributed by atoms with Crippen LogP contribution in [-0.4, -0.2) is 9.91 Å². The van der Waals surface area contributed by atoms with Gasteiger partial charge in [0.25, 0.3) is 5.69 Å². The Balaban J connectivity index is 2.57. The second-order valence-electron chi connectivity index (χ2n) is 2.85. The van der Waals surface area contributed by atoms with Crippen LogP contribution in [0.15, 0.2) is 29.6 Å². The Hall–Kier alpha value is -1.95. The minimum atomic E-state index is -0.424. The first-order valence-corrected chi connectivity index (χ1v) is 5.01. The maximum absolute atomic E-state index is 10.8. The lowest BCUT2D eigenvalue weighted by molar-refractivity contribution is -0.384. The van der Waals surface area contributed by atoms with Gasteiger partial charge >= 0.3 is 0 Å². The molecule has 0 aliphatic heterocycles. The molecule has 76 valence electrons. The van der Waals surface area contributed by atoms with E-state index in [1.165, 1.54) is 17.4 Å². The minimum Gasteiger partial charge on any atom is -0.383 e. The van der Waals surface area contributed by atoms with Crippen LogP contribution in [0.3, 0.4) is 0 Å². The molecular weight excluding hydrogens is 214 g/mol. The van der Waals surface area contributed by atoms with E-state index in [1.54, 1.807) is 23.6 Å². The van der Waals surface area contributed by atoms with Crippen molar-refractivity contribution in [3.05, 3.63) is 39.8 Å². The first kappa shape index (κ1) is 9.60. The van der Waals surface area contributed by atoms with Crippen molar-refractivity contribution in [2.75, 3.05) is 5.73 Å². The van der Waals surface area contributed by atoms with Crippen LogP contribution < -0.4 is 5.73 Å². The molecule has 2 aromatic rings. The summed E-state index contributed by atoms with van der Waals surface area (Å²) in [4.78, 5) is 14.3. The molecule has 0 atom stereocenters. The highest BCUT2D eigenvalue weighted by molar-refractivity contribution is 7.13. The van der Waals surface area contributed by atoms with E-state index in [1.807, 2.05) is 0 Å². The number of rotatable bonds is 2. The Morgan fingerprint density at radius 2 is 2.13 bits per heavy atom. The van der Waals surface area contributed by atoms with Crippen molar-refractivity contribution in [3.63, 3.8) is 0 Å². The van der Waals surface area contributed by atoms with E-state index < -0.39 is 4.92 Å². The first-order chi connectivity index (χ1) is 7.18. The number of nitrogen functional groups attached to an aromatic ring is 1. The number of thiazole rings is 1. The number of benzene rings is 1. The maximum Gasteiger partial charge on any atom is 0.279 e. The predicted molar refractivity (Wildman–Crippen MR) is 58.6 cm³/mol. The number of anilines is 1. The van der Waals surface area contributed by atoms with Crippen molar-refractivity contribution in [2.45, 2.75) is 0 Å². The standard InChI is InChI=1S/C9H7N3O2S/c10-8-5-15-9(11-8)6-3-1-2-4-7(6)12(13)14/h1-5H,10H2. The molecule has 0 radical (unpaired) electrons. The molecule has 0 unspecified atom stereocenters. The molecule has 0 aliphatic rings. The van der Waals surface area contributed by atoms with Gasteiger partial charge in [-0.2, -0.15) is 0 Å². The average Bonchev–Trinajstić information content (AvgIpc) is 2.65. The molecule has 0 saturated heterocycles. The Morgan fingerprint density at radius 1 is 1.40 bits per heavy atom. The van der Waals surface area contributed by atoms with Gasteiger partial charge in [-0.15, -0.1) is 11.3 Å². The summed E-state index contributed by atoms with van der Waals surface area (Å²) in [6, 6.07) is 6.47. The lowest BCUT2D eigenvalue weighted by Crippen LogP contribution is -1.91. The smallest absolute Gasteiger partial charge is 0.279 e. The van der Waals surface area contributed by atoms with Crippen LogP contribution in [-0.2, 0) is 0 Å². The lowest BCUT2D eigenvalue weighted by Gasteiger charge is -1.97.